The molecule has 0 saturated heterocycles. The summed E-state index contributed by atoms with van der Waals surface area (Å²) in [6, 6.07) is 63.7. The van der Waals surface area contributed by atoms with E-state index in [-0.39, 0.29) is 0 Å². The highest BCUT2D eigenvalue weighted by atomic mass is 16.5. The minimum atomic E-state index is 0.390. The lowest BCUT2D eigenvalue weighted by Crippen LogP contribution is -2.16. The second-order valence-corrected chi connectivity index (χ2v) is 17.7. The maximum Gasteiger partial charge on any atom is 0.182 e. The molecule has 2 aliphatic heterocycles. The Kier molecular flexibility index (Phi) is 10.8. The highest BCUT2D eigenvalue weighted by molar-refractivity contribution is 5.97. The molecule has 6 aromatic carbocycles. The molecular weight excluding hydrogens is 945 g/mol. The van der Waals surface area contributed by atoms with Crippen molar-refractivity contribution in [3.05, 3.63) is 231 Å². The minimum absolute atomic E-state index is 0.390. The number of nitrogens with zero attached hydrogens (tertiary/aromatic N) is 12. The summed E-state index contributed by atoms with van der Waals surface area (Å²) in [5, 5.41) is 0. The van der Waals surface area contributed by atoms with E-state index >= 15 is 0 Å². The lowest BCUT2D eigenvalue weighted by atomic mass is 9.92. The molecule has 0 atom stereocenters. The molecule has 0 saturated carbocycles. The number of hydrogen-bond acceptors (Lipinski definition) is 14. The molecule has 0 radical (unpaired) electrons. The molecule has 0 fully saturated rings. The molecule has 6 aromatic heterocycles. The number of fused-ring (bicyclic) bond motifs is 4. The first-order valence-electron chi connectivity index (χ1n) is 24.4. The molecule has 14 rings (SSSR count). The van der Waals surface area contributed by atoms with Gasteiger partial charge in [-0.25, -0.2) is 29.9 Å². The van der Waals surface area contributed by atoms with Crippen molar-refractivity contribution in [2.75, 3.05) is 9.80 Å². The maximum absolute atomic E-state index is 6.49. The molecule has 0 aliphatic carbocycles. The smallest absolute Gasteiger partial charge is 0.182 e. The molecule has 14 nitrogen and oxygen atoms in total. The predicted octanol–water partition coefficient (Wildman–Crippen LogP) is 14.5. The fraction of sp³-hybridized carbons (Fsp3) is 0. The third-order valence-electron chi connectivity index (χ3n) is 13.1. The predicted molar refractivity (Wildman–Crippen MR) is 292 cm³/mol. The molecule has 12 aromatic rings. The van der Waals surface area contributed by atoms with Gasteiger partial charge in [0, 0.05) is 70.8 Å². The number of rotatable bonds is 9. The number of ether oxygens (including phenoxy) is 2. The van der Waals surface area contributed by atoms with Crippen LogP contribution in [0.25, 0.3) is 79.7 Å². The van der Waals surface area contributed by atoms with Crippen molar-refractivity contribution in [1.82, 2.24) is 49.8 Å². The molecular formula is C62H38N12O2. The molecule has 2 aliphatic rings. The Hall–Kier alpha value is -10.9. The highest BCUT2D eigenvalue weighted by Gasteiger charge is 2.30. The van der Waals surface area contributed by atoms with Gasteiger partial charge in [-0.2, -0.15) is 0 Å². The number of hydrogen-bond donors (Lipinski definition) is 0. The van der Waals surface area contributed by atoms with Crippen molar-refractivity contribution >= 4 is 34.1 Å². The van der Waals surface area contributed by atoms with E-state index in [1.165, 1.54) is 0 Å². The summed E-state index contributed by atoms with van der Waals surface area (Å²) in [5.74, 6) is 5.30. The number of benzene rings is 6. The molecule has 0 N–H and O–H groups in total. The van der Waals surface area contributed by atoms with Crippen LogP contribution in [0.4, 0.5) is 34.1 Å². The van der Waals surface area contributed by atoms with E-state index < -0.39 is 0 Å². The number of para-hydroxylation sites is 8. The normalized spacial score (nSPS) is 12.1. The van der Waals surface area contributed by atoms with Crippen LogP contribution in [0.5, 0.6) is 23.0 Å². The van der Waals surface area contributed by atoms with Gasteiger partial charge in [0.1, 0.15) is 11.4 Å². The Bertz CT molecular complexity index is 3680. The topological polar surface area (TPSA) is 154 Å². The molecule has 76 heavy (non-hydrogen) atoms. The fourth-order valence-electron chi connectivity index (χ4n) is 9.61. The third-order valence-corrected chi connectivity index (χ3v) is 13.1. The summed E-state index contributed by atoms with van der Waals surface area (Å²) < 4.78 is 13.0. The lowest BCUT2D eigenvalue weighted by Gasteiger charge is -2.33. The van der Waals surface area contributed by atoms with Gasteiger partial charge >= 0.3 is 0 Å². The van der Waals surface area contributed by atoms with Crippen molar-refractivity contribution in [2.45, 2.75) is 0 Å². The van der Waals surface area contributed by atoms with Gasteiger partial charge in [0.05, 0.1) is 22.7 Å². The Morgan fingerprint density at radius 3 is 1.03 bits per heavy atom. The van der Waals surface area contributed by atoms with E-state index in [0.29, 0.717) is 68.6 Å². The van der Waals surface area contributed by atoms with Gasteiger partial charge in [-0.15, -0.1) is 0 Å². The Balaban J connectivity index is 1.07. The van der Waals surface area contributed by atoms with Crippen LogP contribution in [0.2, 0.25) is 0 Å². The summed E-state index contributed by atoms with van der Waals surface area (Å²) in [7, 11) is 0. The summed E-state index contributed by atoms with van der Waals surface area (Å²) in [4.78, 5) is 53.9. The summed E-state index contributed by atoms with van der Waals surface area (Å²) >= 11 is 0. The second kappa shape index (κ2) is 18.6. The molecule has 14 heteroatoms. The second-order valence-electron chi connectivity index (χ2n) is 17.7. The first-order valence-corrected chi connectivity index (χ1v) is 24.4. The van der Waals surface area contributed by atoms with E-state index in [4.69, 9.17) is 49.3 Å². The van der Waals surface area contributed by atoms with Crippen LogP contribution in [0.1, 0.15) is 0 Å². The highest BCUT2D eigenvalue weighted by Crippen LogP contribution is 2.54. The summed E-state index contributed by atoms with van der Waals surface area (Å²) in [5.41, 5.74) is 10.7. The van der Waals surface area contributed by atoms with E-state index in [1.54, 1.807) is 37.2 Å². The molecule has 358 valence electrons. The minimum Gasteiger partial charge on any atom is -0.453 e. The number of anilines is 6. The molecule has 0 spiro atoms. The monoisotopic (exact) mass is 982 g/mol. The van der Waals surface area contributed by atoms with Gasteiger partial charge < -0.3 is 19.3 Å². The Labute approximate surface area is 435 Å². The van der Waals surface area contributed by atoms with Crippen molar-refractivity contribution in [3.63, 3.8) is 0 Å². The standard InChI is InChI=1S/C62H38N12O2/c1-5-23-53-49(19-1)73(50-20-2-6-24-54(50)75-53)41-27-29-43(45(35-41)59-67-57(39-15-13-31-63-37-39)69-61(71-59)47-17-9-11-33-65-47)44-30-28-42(74-51-21-3-7-25-55(51)76-56-26-8-4-22-52(56)74)36-46(44)60-68-58(40-16-14-32-64-38-40)70-62(72-60)48-18-10-12-34-66-48/h1-38H. The average Bonchev–Trinajstić information content (AvgIpc) is 3.51. The van der Waals surface area contributed by atoms with Crippen molar-refractivity contribution in [1.29, 1.82) is 0 Å². The van der Waals surface area contributed by atoms with Gasteiger partial charge in [0.15, 0.2) is 57.9 Å². The van der Waals surface area contributed by atoms with Crippen molar-refractivity contribution in [2.24, 2.45) is 0 Å². The lowest BCUT2D eigenvalue weighted by molar-refractivity contribution is 0.477. The van der Waals surface area contributed by atoms with Crippen LogP contribution in [-0.2, 0) is 0 Å². The first-order chi connectivity index (χ1) is 37.7. The van der Waals surface area contributed by atoms with Crippen molar-refractivity contribution < 1.29 is 9.47 Å². The van der Waals surface area contributed by atoms with Crippen LogP contribution in [0.15, 0.2) is 231 Å². The fourth-order valence-corrected chi connectivity index (χ4v) is 9.61. The Morgan fingerprint density at radius 2 is 0.658 bits per heavy atom. The SMILES string of the molecule is c1ccc(-c2nc(-c3cccnc3)nc(-c3cc(N4c5ccccc5Oc5ccccc54)ccc3-c3ccc(N4c5ccccc5Oc5ccccc54)cc3-c3nc(-c4cccnc4)nc(-c4ccccn4)n3)n2)nc1. The van der Waals surface area contributed by atoms with Crippen LogP contribution in [0.3, 0.4) is 0 Å². The zero-order valence-corrected chi connectivity index (χ0v) is 40.1. The largest absolute Gasteiger partial charge is 0.453 e. The zero-order chi connectivity index (χ0) is 50.4. The molecule has 8 heterocycles. The van der Waals surface area contributed by atoms with Crippen molar-refractivity contribution in [3.8, 4) is 103 Å². The summed E-state index contributed by atoms with van der Waals surface area (Å²) in [6.07, 6.45) is 10.4. The van der Waals surface area contributed by atoms with Gasteiger partial charge in [0.25, 0.3) is 0 Å². The van der Waals surface area contributed by atoms with E-state index in [0.717, 1.165) is 68.2 Å². The van der Waals surface area contributed by atoms with Gasteiger partial charge in [0.2, 0.25) is 0 Å². The number of aromatic nitrogens is 10. The molecule has 0 bridgehead atoms. The van der Waals surface area contributed by atoms with Crippen LogP contribution in [0, 0.1) is 0 Å². The zero-order valence-electron chi connectivity index (χ0n) is 40.1. The summed E-state index contributed by atoms with van der Waals surface area (Å²) in [6.45, 7) is 0. The average molecular weight is 983 g/mol. The first kappa shape index (κ1) is 43.9. The van der Waals surface area contributed by atoms with Gasteiger partial charge in [-0.3, -0.25) is 19.9 Å². The van der Waals surface area contributed by atoms with Gasteiger partial charge in [-0.05, 0) is 132 Å². The maximum atomic E-state index is 6.49. The van der Waals surface area contributed by atoms with Gasteiger partial charge in [-0.1, -0.05) is 72.8 Å². The third kappa shape index (κ3) is 7.95. The van der Waals surface area contributed by atoms with E-state index in [1.807, 2.05) is 133 Å². The van der Waals surface area contributed by atoms with Crippen LogP contribution >= 0.6 is 0 Å². The molecule has 0 unspecified atom stereocenters. The van der Waals surface area contributed by atoms with E-state index in [2.05, 4.69) is 80.4 Å². The van der Waals surface area contributed by atoms with Crippen LogP contribution < -0.4 is 19.3 Å². The Morgan fingerprint density at radius 1 is 0.289 bits per heavy atom. The van der Waals surface area contributed by atoms with Crippen LogP contribution in [-0.4, -0.2) is 49.8 Å². The van der Waals surface area contributed by atoms with E-state index in [9.17, 15) is 0 Å². The quantitative estimate of drug-likeness (QED) is 0.135. The molecule has 0 amide bonds. The number of pyridine rings is 4.